The summed E-state index contributed by atoms with van der Waals surface area (Å²) in [6.07, 6.45) is 2.52. The van der Waals surface area contributed by atoms with E-state index in [-0.39, 0.29) is 6.42 Å². The molecule has 3 heteroatoms. The van der Waals surface area contributed by atoms with Gasteiger partial charge in [0.25, 0.3) is 0 Å². The molecule has 0 bridgehead atoms. The minimum atomic E-state index is -0.828. The van der Waals surface area contributed by atoms with E-state index >= 15 is 0 Å². The maximum absolute atomic E-state index is 10.8. The summed E-state index contributed by atoms with van der Waals surface area (Å²) in [5, 5.41) is 29.3. The molecule has 0 fully saturated rings. The number of rotatable bonds is 7. The third-order valence-corrected chi connectivity index (χ3v) is 3.42. The predicted octanol–water partition coefficient (Wildman–Crippen LogP) is 3.42. The smallest absolute Gasteiger partial charge is 0.0920 e. The van der Waals surface area contributed by atoms with Crippen molar-refractivity contribution < 1.29 is 10.2 Å². The molecule has 1 rings (SSSR count). The zero-order chi connectivity index (χ0) is 14.3. The first kappa shape index (κ1) is 15.7. The van der Waals surface area contributed by atoms with Crippen molar-refractivity contribution in [1.82, 2.24) is 0 Å². The Hall–Kier alpha value is -1.37. The summed E-state index contributed by atoms with van der Waals surface area (Å²) in [5.41, 5.74) is 0.710. The van der Waals surface area contributed by atoms with Crippen molar-refractivity contribution in [3.05, 3.63) is 35.4 Å². The molecule has 0 radical (unpaired) electrons. The second-order valence-electron chi connectivity index (χ2n) is 5.04. The van der Waals surface area contributed by atoms with Crippen LogP contribution in [0.1, 0.15) is 63.2 Å². The van der Waals surface area contributed by atoms with Gasteiger partial charge in [0.05, 0.1) is 24.2 Å². The molecule has 0 aliphatic heterocycles. The minimum absolute atomic E-state index is 0.0729. The molecule has 0 aromatic heterocycles. The molecular weight excluding hydrogens is 238 g/mol. The van der Waals surface area contributed by atoms with E-state index in [4.69, 9.17) is 5.26 Å². The highest BCUT2D eigenvalue weighted by Gasteiger charge is 2.27. The minimum Gasteiger partial charge on any atom is -0.387 e. The van der Waals surface area contributed by atoms with Gasteiger partial charge in [-0.25, -0.2) is 0 Å². The largest absolute Gasteiger partial charge is 0.387 e. The third kappa shape index (κ3) is 4.05. The van der Waals surface area contributed by atoms with Crippen LogP contribution in [0.5, 0.6) is 0 Å². The number of benzene rings is 1. The fourth-order valence-corrected chi connectivity index (χ4v) is 2.48. The van der Waals surface area contributed by atoms with E-state index in [2.05, 4.69) is 13.8 Å². The first-order valence-corrected chi connectivity index (χ1v) is 6.95. The van der Waals surface area contributed by atoms with E-state index in [1.165, 1.54) is 0 Å². The van der Waals surface area contributed by atoms with Crippen LogP contribution in [0.2, 0.25) is 0 Å². The second kappa shape index (κ2) is 7.28. The average Bonchev–Trinajstić information content (AvgIpc) is 2.40. The molecule has 104 valence electrons. The highest BCUT2D eigenvalue weighted by atomic mass is 16.3. The molecule has 0 saturated heterocycles. The van der Waals surface area contributed by atoms with E-state index < -0.39 is 11.7 Å². The number of nitrogens with zero attached hydrogens (tertiary/aromatic N) is 1. The Morgan fingerprint density at radius 1 is 1.26 bits per heavy atom. The van der Waals surface area contributed by atoms with Gasteiger partial charge >= 0.3 is 0 Å². The van der Waals surface area contributed by atoms with Gasteiger partial charge in [0.1, 0.15) is 0 Å². The monoisotopic (exact) mass is 261 g/mol. The molecule has 0 heterocycles. The van der Waals surface area contributed by atoms with Crippen LogP contribution in [0.3, 0.4) is 0 Å². The summed E-state index contributed by atoms with van der Waals surface area (Å²) >= 11 is 0. The van der Waals surface area contributed by atoms with Crippen molar-refractivity contribution in [1.29, 1.82) is 5.26 Å². The molecule has 3 nitrogen and oxygen atoms in total. The normalized spacial score (nSPS) is 13.0. The van der Waals surface area contributed by atoms with Gasteiger partial charge < -0.3 is 10.2 Å². The molecule has 0 saturated carbocycles. The van der Waals surface area contributed by atoms with E-state index in [0.717, 1.165) is 18.4 Å². The molecule has 1 unspecified atom stereocenters. The molecule has 1 aromatic rings. The van der Waals surface area contributed by atoms with Gasteiger partial charge in [-0.3, -0.25) is 0 Å². The van der Waals surface area contributed by atoms with Crippen LogP contribution < -0.4 is 0 Å². The van der Waals surface area contributed by atoms with Crippen LogP contribution in [-0.4, -0.2) is 10.2 Å². The van der Waals surface area contributed by atoms with E-state index in [1.54, 1.807) is 6.07 Å². The van der Waals surface area contributed by atoms with Gasteiger partial charge in [-0.05, 0) is 24.0 Å². The highest BCUT2D eigenvalue weighted by molar-refractivity contribution is 5.30. The van der Waals surface area contributed by atoms with E-state index in [1.807, 2.05) is 24.3 Å². The fraction of sp³-hybridized carbons (Fsp3) is 0.562. The fourth-order valence-electron chi connectivity index (χ4n) is 2.48. The summed E-state index contributed by atoms with van der Waals surface area (Å²) in [4.78, 5) is 0. The number of aliphatic hydroxyl groups is 2. The predicted molar refractivity (Wildman–Crippen MR) is 75.3 cm³/mol. The van der Waals surface area contributed by atoms with Crippen LogP contribution >= 0.6 is 0 Å². The lowest BCUT2D eigenvalue weighted by atomic mass is 9.84. The molecule has 1 aromatic carbocycles. The van der Waals surface area contributed by atoms with Gasteiger partial charge in [0.15, 0.2) is 0 Å². The van der Waals surface area contributed by atoms with Crippen LogP contribution in [0.4, 0.5) is 0 Å². The Morgan fingerprint density at radius 3 is 2.42 bits per heavy atom. The van der Waals surface area contributed by atoms with Crippen molar-refractivity contribution >= 4 is 0 Å². The van der Waals surface area contributed by atoms with Crippen LogP contribution in [0.15, 0.2) is 24.3 Å². The first-order valence-electron chi connectivity index (χ1n) is 6.95. The summed E-state index contributed by atoms with van der Waals surface area (Å²) in [5.74, 6) is 0. The average molecular weight is 261 g/mol. The molecular formula is C16H23NO2. The molecule has 0 amide bonds. The SMILES string of the molecule is CCCC(O)(CCC)c1cccc(C(O)CC#N)c1. The molecule has 19 heavy (non-hydrogen) atoms. The lowest BCUT2D eigenvalue weighted by Gasteiger charge is -2.29. The van der Waals surface area contributed by atoms with Crippen molar-refractivity contribution in [2.45, 2.75) is 57.7 Å². The third-order valence-electron chi connectivity index (χ3n) is 3.42. The quantitative estimate of drug-likeness (QED) is 0.790. The van der Waals surface area contributed by atoms with E-state index in [0.29, 0.717) is 18.4 Å². The highest BCUT2D eigenvalue weighted by Crippen LogP contribution is 2.33. The molecule has 0 spiro atoms. The van der Waals surface area contributed by atoms with Crippen molar-refractivity contribution in [3.8, 4) is 6.07 Å². The Kier molecular flexibility index (Phi) is 6.01. The van der Waals surface area contributed by atoms with Crippen molar-refractivity contribution in [2.24, 2.45) is 0 Å². The Morgan fingerprint density at radius 2 is 1.89 bits per heavy atom. The van der Waals surface area contributed by atoms with Crippen LogP contribution in [0.25, 0.3) is 0 Å². The zero-order valence-corrected chi connectivity index (χ0v) is 11.8. The standard InChI is InChI=1S/C16H23NO2/c1-3-9-16(19,10-4-2)14-7-5-6-13(12-14)15(18)8-11-17/h5-7,12,15,18-19H,3-4,8-10H2,1-2H3. The lowest BCUT2D eigenvalue weighted by molar-refractivity contribution is 0.0167. The van der Waals surface area contributed by atoms with Crippen LogP contribution in [0, 0.1) is 11.3 Å². The topological polar surface area (TPSA) is 64.2 Å². The summed E-state index contributed by atoms with van der Waals surface area (Å²) in [7, 11) is 0. The maximum Gasteiger partial charge on any atom is 0.0920 e. The van der Waals surface area contributed by atoms with Crippen molar-refractivity contribution in [3.63, 3.8) is 0 Å². The second-order valence-corrected chi connectivity index (χ2v) is 5.04. The molecule has 1 atom stereocenters. The zero-order valence-electron chi connectivity index (χ0n) is 11.8. The number of nitriles is 1. The Balaban J connectivity index is 3.05. The lowest BCUT2D eigenvalue weighted by Crippen LogP contribution is -2.25. The maximum atomic E-state index is 10.8. The van der Waals surface area contributed by atoms with Crippen molar-refractivity contribution in [2.75, 3.05) is 0 Å². The number of hydrogen-bond acceptors (Lipinski definition) is 3. The first-order chi connectivity index (χ1) is 9.07. The van der Waals surface area contributed by atoms with E-state index in [9.17, 15) is 10.2 Å². The Bertz CT molecular complexity index is 431. The van der Waals surface area contributed by atoms with Gasteiger partial charge in [-0.15, -0.1) is 0 Å². The summed E-state index contributed by atoms with van der Waals surface area (Å²) in [6, 6.07) is 9.32. The van der Waals surface area contributed by atoms with Crippen LogP contribution in [-0.2, 0) is 5.60 Å². The molecule has 2 N–H and O–H groups in total. The summed E-state index contributed by atoms with van der Waals surface area (Å²) < 4.78 is 0. The molecule has 0 aliphatic carbocycles. The van der Waals surface area contributed by atoms with Gasteiger partial charge in [-0.2, -0.15) is 5.26 Å². The summed E-state index contributed by atoms with van der Waals surface area (Å²) in [6.45, 7) is 4.10. The number of hydrogen-bond donors (Lipinski definition) is 2. The molecule has 0 aliphatic rings. The Labute approximate surface area is 115 Å². The van der Waals surface area contributed by atoms with Gasteiger partial charge in [-0.1, -0.05) is 51.0 Å². The van der Waals surface area contributed by atoms with Gasteiger partial charge in [0.2, 0.25) is 0 Å². The number of aliphatic hydroxyl groups excluding tert-OH is 1. The van der Waals surface area contributed by atoms with Gasteiger partial charge in [0, 0.05) is 0 Å².